The Morgan fingerprint density at radius 2 is 1.80 bits per heavy atom. The Morgan fingerprint density at radius 3 is 2.40 bits per heavy atom. The lowest BCUT2D eigenvalue weighted by Gasteiger charge is -2.13. The number of anilines is 1. The van der Waals surface area contributed by atoms with Crippen LogP contribution in [0.4, 0.5) is 5.69 Å². The molecule has 1 aromatic carbocycles. The van der Waals surface area contributed by atoms with Gasteiger partial charge in [-0.2, -0.15) is 0 Å². The second-order valence-electron chi connectivity index (χ2n) is 5.76. The van der Waals surface area contributed by atoms with Gasteiger partial charge in [-0.3, -0.25) is 20.2 Å². The summed E-state index contributed by atoms with van der Waals surface area (Å²) < 4.78 is 0. The molecular formula is C17H26N4O4. The summed E-state index contributed by atoms with van der Waals surface area (Å²) >= 11 is 0. The lowest BCUT2D eigenvalue weighted by atomic mass is 10.1. The van der Waals surface area contributed by atoms with Crippen LogP contribution in [0.2, 0.25) is 0 Å². The summed E-state index contributed by atoms with van der Waals surface area (Å²) in [6.07, 6.45) is 5.77. The van der Waals surface area contributed by atoms with Crippen LogP contribution >= 0.6 is 0 Å². The molecule has 0 unspecified atom stereocenters. The van der Waals surface area contributed by atoms with Gasteiger partial charge in [0.1, 0.15) is 5.75 Å². The van der Waals surface area contributed by atoms with E-state index in [1.807, 2.05) is 25.1 Å². The minimum absolute atomic E-state index is 0.155. The maximum Gasteiger partial charge on any atom is 0.243 e. The van der Waals surface area contributed by atoms with Gasteiger partial charge in [-0.25, -0.2) is 5.48 Å². The van der Waals surface area contributed by atoms with Gasteiger partial charge in [0.25, 0.3) is 0 Å². The second-order valence-corrected chi connectivity index (χ2v) is 5.76. The molecule has 0 saturated heterocycles. The third-order valence-electron chi connectivity index (χ3n) is 3.52. The number of phenols is 1. The molecule has 8 heteroatoms. The van der Waals surface area contributed by atoms with Crippen molar-refractivity contribution in [3.8, 4) is 5.75 Å². The normalized spacial score (nSPS) is 10.5. The molecule has 0 atom stereocenters. The Labute approximate surface area is 147 Å². The number of benzene rings is 1. The van der Waals surface area contributed by atoms with Crippen molar-refractivity contribution in [3.05, 3.63) is 30.0 Å². The van der Waals surface area contributed by atoms with Crippen molar-refractivity contribution < 1.29 is 19.9 Å². The predicted molar refractivity (Wildman–Crippen MR) is 95.8 cm³/mol. The van der Waals surface area contributed by atoms with Gasteiger partial charge in [-0.15, -0.1) is 0 Å². The molecule has 1 rings (SSSR count). The Balaban J connectivity index is 2.24. The SMILES string of the molecule is CN(C)c1ccc(/C=C/NNC(=O)CCCCCC(=O)NO)c(O)c1. The van der Waals surface area contributed by atoms with Gasteiger partial charge in [0.05, 0.1) is 0 Å². The van der Waals surface area contributed by atoms with E-state index < -0.39 is 5.91 Å². The van der Waals surface area contributed by atoms with Gasteiger partial charge < -0.3 is 15.4 Å². The highest BCUT2D eigenvalue weighted by Crippen LogP contribution is 2.24. The number of nitrogens with zero attached hydrogens (tertiary/aromatic N) is 1. The highest BCUT2D eigenvalue weighted by molar-refractivity contribution is 5.75. The number of carbonyl (C=O) groups is 2. The Hall–Kier alpha value is -2.74. The maximum atomic E-state index is 11.6. The van der Waals surface area contributed by atoms with Gasteiger partial charge in [-0.05, 0) is 31.1 Å². The lowest BCUT2D eigenvalue weighted by Crippen LogP contribution is -2.33. The van der Waals surface area contributed by atoms with Crippen molar-refractivity contribution >= 4 is 23.6 Å². The van der Waals surface area contributed by atoms with Crippen molar-refractivity contribution in [3.63, 3.8) is 0 Å². The summed E-state index contributed by atoms with van der Waals surface area (Å²) in [7, 11) is 3.78. The molecule has 25 heavy (non-hydrogen) atoms. The van der Waals surface area contributed by atoms with Gasteiger partial charge in [-0.1, -0.05) is 6.42 Å². The minimum Gasteiger partial charge on any atom is -0.507 e. The van der Waals surface area contributed by atoms with Crippen LogP contribution in [0.5, 0.6) is 5.75 Å². The number of rotatable bonds is 10. The Bertz CT molecular complexity index is 602. The third-order valence-corrected chi connectivity index (χ3v) is 3.52. The van der Waals surface area contributed by atoms with Crippen LogP contribution in [0.15, 0.2) is 24.4 Å². The summed E-state index contributed by atoms with van der Waals surface area (Å²) in [6, 6.07) is 5.33. The molecule has 0 aliphatic heterocycles. The van der Waals surface area contributed by atoms with Gasteiger partial charge in [0.15, 0.2) is 0 Å². The second kappa shape index (κ2) is 10.9. The van der Waals surface area contributed by atoms with E-state index >= 15 is 0 Å². The monoisotopic (exact) mass is 350 g/mol. The number of hydrazine groups is 1. The van der Waals surface area contributed by atoms with E-state index in [0.29, 0.717) is 24.8 Å². The first kappa shape index (κ1) is 20.3. The molecule has 1 aromatic rings. The fraction of sp³-hybridized carbons (Fsp3) is 0.412. The smallest absolute Gasteiger partial charge is 0.243 e. The van der Waals surface area contributed by atoms with Gasteiger partial charge >= 0.3 is 0 Å². The van der Waals surface area contributed by atoms with Crippen LogP contribution in [0.25, 0.3) is 6.08 Å². The largest absolute Gasteiger partial charge is 0.507 e. The molecular weight excluding hydrogens is 324 g/mol. The molecule has 2 amide bonds. The minimum atomic E-state index is -0.418. The topological polar surface area (TPSA) is 114 Å². The van der Waals surface area contributed by atoms with Crippen molar-refractivity contribution in [1.82, 2.24) is 16.3 Å². The van der Waals surface area contributed by atoms with E-state index in [-0.39, 0.29) is 18.1 Å². The first-order valence-corrected chi connectivity index (χ1v) is 8.08. The zero-order valence-corrected chi connectivity index (χ0v) is 14.6. The van der Waals surface area contributed by atoms with Crippen molar-refractivity contribution in [2.45, 2.75) is 32.1 Å². The predicted octanol–water partition coefficient (Wildman–Crippen LogP) is 1.51. The van der Waals surface area contributed by atoms with Crippen LogP contribution in [-0.4, -0.2) is 36.2 Å². The quantitative estimate of drug-likeness (QED) is 0.248. The van der Waals surface area contributed by atoms with E-state index in [0.717, 1.165) is 12.1 Å². The molecule has 0 heterocycles. The van der Waals surface area contributed by atoms with Crippen molar-refractivity contribution in [2.75, 3.05) is 19.0 Å². The molecule has 138 valence electrons. The molecule has 0 spiro atoms. The van der Waals surface area contributed by atoms with E-state index in [1.54, 1.807) is 23.7 Å². The zero-order valence-electron chi connectivity index (χ0n) is 14.6. The third kappa shape index (κ3) is 8.07. The average Bonchev–Trinajstić information content (AvgIpc) is 2.59. The zero-order chi connectivity index (χ0) is 18.7. The summed E-state index contributed by atoms with van der Waals surface area (Å²) in [5, 5.41) is 18.3. The first-order chi connectivity index (χ1) is 11.9. The van der Waals surface area contributed by atoms with Crippen LogP contribution in [-0.2, 0) is 9.59 Å². The summed E-state index contributed by atoms with van der Waals surface area (Å²) in [5.74, 6) is -0.427. The number of nitrogens with one attached hydrogen (secondary N) is 3. The standard InChI is InChI=1S/C17H26N4O4/c1-21(2)14-9-8-13(15(22)12-14)10-11-18-19-16(23)6-4-3-5-7-17(24)20-25/h8-12,18,22,25H,3-7H2,1-2H3,(H,19,23)(H,20,24)/b11-10+. The number of aromatic hydroxyl groups is 1. The number of phenolic OH excluding ortho intramolecular Hbond substituents is 1. The van der Waals surface area contributed by atoms with Crippen molar-refractivity contribution in [1.29, 1.82) is 0 Å². The molecule has 0 bridgehead atoms. The molecule has 0 aliphatic carbocycles. The summed E-state index contributed by atoms with van der Waals surface area (Å²) in [4.78, 5) is 24.3. The number of carbonyl (C=O) groups excluding carboxylic acids is 2. The highest BCUT2D eigenvalue weighted by Gasteiger charge is 2.03. The van der Waals surface area contributed by atoms with E-state index in [9.17, 15) is 14.7 Å². The number of unbranched alkanes of at least 4 members (excludes halogenated alkanes) is 2. The molecule has 8 nitrogen and oxygen atoms in total. The number of hydrogen-bond donors (Lipinski definition) is 5. The van der Waals surface area contributed by atoms with Crippen LogP contribution in [0.1, 0.15) is 37.7 Å². The number of hydrogen-bond acceptors (Lipinski definition) is 6. The molecule has 0 fully saturated rings. The van der Waals surface area contributed by atoms with Crippen LogP contribution in [0.3, 0.4) is 0 Å². The van der Waals surface area contributed by atoms with E-state index in [1.165, 1.54) is 6.20 Å². The van der Waals surface area contributed by atoms with Crippen LogP contribution < -0.4 is 21.2 Å². The van der Waals surface area contributed by atoms with E-state index in [4.69, 9.17) is 5.21 Å². The number of hydroxylamine groups is 1. The van der Waals surface area contributed by atoms with E-state index in [2.05, 4.69) is 10.9 Å². The summed E-state index contributed by atoms with van der Waals surface area (Å²) in [6.45, 7) is 0. The average molecular weight is 350 g/mol. The summed E-state index contributed by atoms with van der Waals surface area (Å²) in [5.41, 5.74) is 8.29. The molecule has 5 N–H and O–H groups in total. The molecule has 0 saturated carbocycles. The Kier molecular flexibility index (Phi) is 8.87. The highest BCUT2D eigenvalue weighted by atomic mass is 16.5. The molecule has 0 aliphatic rings. The number of amides is 2. The first-order valence-electron chi connectivity index (χ1n) is 8.08. The maximum absolute atomic E-state index is 11.6. The molecule has 0 radical (unpaired) electrons. The molecule has 0 aromatic heterocycles. The fourth-order valence-electron chi connectivity index (χ4n) is 2.07. The van der Waals surface area contributed by atoms with Crippen LogP contribution in [0, 0.1) is 0 Å². The van der Waals surface area contributed by atoms with Crippen molar-refractivity contribution in [2.24, 2.45) is 0 Å². The van der Waals surface area contributed by atoms with Gasteiger partial charge in [0, 0.05) is 50.5 Å². The van der Waals surface area contributed by atoms with Gasteiger partial charge in [0.2, 0.25) is 11.8 Å². The lowest BCUT2D eigenvalue weighted by molar-refractivity contribution is -0.129. The fourth-order valence-corrected chi connectivity index (χ4v) is 2.07. The Morgan fingerprint density at radius 1 is 1.12 bits per heavy atom.